The Morgan fingerprint density at radius 3 is 2.62 bits per heavy atom. The minimum atomic E-state index is -3.22. The fourth-order valence-electron chi connectivity index (χ4n) is 1.78. The number of sulfonamides is 1. The second-order valence-electron chi connectivity index (χ2n) is 4.49. The van der Waals surface area contributed by atoms with Crippen LogP contribution in [0.3, 0.4) is 0 Å². The molecule has 5 nitrogen and oxygen atoms in total. The van der Waals surface area contributed by atoms with E-state index >= 15 is 0 Å². The third-order valence-electron chi connectivity index (χ3n) is 2.87. The largest absolute Gasteiger partial charge is 0.352 e. The Morgan fingerprint density at radius 2 is 2.10 bits per heavy atom. The van der Waals surface area contributed by atoms with Crippen molar-refractivity contribution in [3.8, 4) is 0 Å². The third-order valence-corrected chi connectivity index (χ3v) is 4.74. The summed E-state index contributed by atoms with van der Waals surface area (Å²) >= 11 is 3.12. The second kappa shape index (κ2) is 7.86. The van der Waals surface area contributed by atoms with E-state index in [0.29, 0.717) is 24.0 Å². The van der Waals surface area contributed by atoms with E-state index in [1.807, 2.05) is 0 Å². The van der Waals surface area contributed by atoms with Crippen molar-refractivity contribution in [1.29, 1.82) is 0 Å². The van der Waals surface area contributed by atoms with Crippen molar-refractivity contribution >= 4 is 31.9 Å². The first kappa shape index (κ1) is 18.1. The van der Waals surface area contributed by atoms with E-state index in [-0.39, 0.29) is 12.1 Å². The maximum Gasteiger partial charge on any atom is 0.254 e. The molecule has 8 heteroatoms. The molecule has 21 heavy (non-hydrogen) atoms. The molecule has 1 aromatic carbocycles. The first-order valence-electron chi connectivity index (χ1n) is 6.44. The van der Waals surface area contributed by atoms with Gasteiger partial charge in [0.25, 0.3) is 5.91 Å². The fourth-order valence-corrected chi connectivity index (χ4v) is 3.05. The van der Waals surface area contributed by atoms with Crippen LogP contribution in [0.5, 0.6) is 0 Å². The van der Waals surface area contributed by atoms with Gasteiger partial charge >= 0.3 is 0 Å². The molecule has 1 N–H and O–H groups in total. The quantitative estimate of drug-likeness (QED) is 0.735. The normalized spacial score (nSPS) is 11.7. The Balaban J connectivity index is 2.47. The Bertz CT molecular complexity index is 607. The number of hydrogen-bond donors (Lipinski definition) is 1. The van der Waals surface area contributed by atoms with Crippen molar-refractivity contribution in [3.05, 3.63) is 34.1 Å². The van der Waals surface area contributed by atoms with Gasteiger partial charge in [0.1, 0.15) is 5.82 Å². The lowest BCUT2D eigenvalue weighted by atomic mass is 10.2. The van der Waals surface area contributed by atoms with E-state index in [4.69, 9.17) is 0 Å². The van der Waals surface area contributed by atoms with Crippen LogP contribution in [-0.2, 0) is 10.0 Å². The summed E-state index contributed by atoms with van der Waals surface area (Å²) in [5.41, 5.74) is -0.0336. The molecule has 118 valence electrons. The molecule has 0 unspecified atom stereocenters. The summed E-state index contributed by atoms with van der Waals surface area (Å²) in [6, 6.07) is 4.20. The van der Waals surface area contributed by atoms with Gasteiger partial charge in [0.05, 0.1) is 11.8 Å². The van der Waals surface area contributed by atoms with E-state index in [1.54, 1.807) is 13.0 Å². The first-order valence-corrected chi connectivity index (χ1v) is 9.08. The smallest absolute Gasteiger partial charge is 0.254 e. The molecule has 0 aliphatic rings. The first-order chi connectivity index (χ1) is 9.75. The number of benzene rings is 1. The number of hydrogen-bond acceptors (Lipinski definition) is 3. The van der Waals surface area contributed by atoms with E-state index in [0.717, 1.165) is 6.26 Å². The molecule has 0 aromatic heterocycles. The van der Waals surface area contributed by atoms with Crippen molar-refractivity contribution < 1.29 is 17.6 Å². The summed E-state index contributed by atoms with van der Waals surface area (Å²) < 4.78 is 38.2. The van der Waals surface area contributed by atoms with Crippen LogP contribution in [0, 0.1) is 5.82 Å². The Hall–Kier alpha value is -0.990. The summed E-state index contributed by atoms with van der Waals surface area (Å²) in [7, 11) is -3.22. The topological polar surface area (TPSA) is 66.5 Å². The highest BCUT2D eigenvalue weighted by Gasteiger charge is 2.14. The van der Waals surface area contributed by atoms with Crippen molar-refractivity contribution in [1.82, 2.24) is 9.62 Å². The third kappa shape index (κ3) is 5.72. The predicted octanol–water partition coefficient (Wildman–Crippen LogP) is 1.99. The van der Waals surface area contributed by atoms with Crippen molar-refractivity contribution in [2.75, 3.05) is 25.9 Å². The van der Waals surface area contributed by atoms with E-state index in [1.165, 1.54) is 16.4 Å². The van der Waals surface area contributed by atoms with Gasteiger partial charge in [0.2, 0.25) is 10.0 Å². The minimum Gasteiger partial charge on any atom is -0.352 e. The van der Waals surface area contributed by atoms with Gasteiger partial charge in [-0.25, -0.2) is 17.1 Å². The maximum atomic E-state index is 13.6. The number of halogens is 2. The molecule has 0 radical (unpaired) electrons. The molecular weight excluding hydrogens is 363 g/mol. The van der Waals surface area contributed by atoms with Crippen LogP contribution in [0.15, 0.2) is 22.7 Å². The average Bonchev–Trinajstić information content (AvgIpc) is 2.36. The van der Waals surface area contributed by atoms with E-state index in [9.17, 15) is 17.6 Å². The van der Waals surface area contributed by atoms with Gasteiger partial charge in [0.15, 0.2) is 0 Å². The highest BCUT2D eigenvalue weighted by molar-refractivity contribution is 9.10. The van der Waals surface area contributed by atoms with Crippen LogP contribution in [0.1, 0.15) is 23.7 Å². The lowest BCUT2D eigenvalue weighted by molar-refractivity contribution is 0.0948. The number of nitrogens with one attached hydrogen (secondary N) is 1. The molecule has 0 aliphatic carbocycles. The number of amides is 1. The monoisotopic (exact) mass is 380 g/mol. The van der Waals surface area contributed by atoms with Gasteiger partial charge in [-0.1, -0.05) is 22.9 Å². The van der Waals surface area contributed by atoms with Crippen molar-refractivity contribution in [2.24, 2.45) is 0 Å². The molecule has 0 saturated carbocycles. The molecular formula is C13H18BrFN2O3S. The molecule has 0 fully saturated rings. The van der Waals surface area contributed by atoms with Crippen LogP contribution < -0.4 is 5.32 Å². The summed E-state index contributed by atoms with van der Waals surface area (Å²) in [5.74, 6) is -1.12. The Morgan fingerprint density at radius 1 is 1.43 bits per heavy atom. The number of nitrogens with zero attached hydrogens (tertiary/aromatic N) is 1. The summed E-state index contributed by atoms with van der Waals surface area (Å²) in [6.45, 7) is 2.73. The van der Waals surface area contributed by atoms with Gasteiger partial charge in [0, 0.05) is 24.1 Å². The van der Waals surface area contributed by atoms with Crippen LogP contribution >= 0.6 is 15.9 Å². The Labute approximate surface area is 132 Å². The lowest BCUT2D eigenvalue weighted by Crippen LogP contribution is -2.33. The minimum absolute atomic E-state index is 0.0336. The number of carbonyl (C=O) groups excluding carboxylic acids is 1. The molecule has 0 saturated heterocycles. The molecule has 0 aliphatic heterocycles. The SMILES string of the molecule is CCN(CCCNC(=O)c1ccc(Br)cc1F)S(C)(=O)=O. The van der Waals surface area contributed by atoms with Gasteiger partial charge in [-0.3, -0.25) is 4.79 Å². The van der Waals surface area contributed by atoms with Crippen molar-refractivity contribution in [2.45, 2.75) is 13.3 Å². The summed E-state index contributed by atoms with van der Waals surface area (Å²) in [6.07, 6.45) is 1.61. The molecule has 1 amide bonds. The summed E-state index contributed by atoms with van der Waals surface area (Å²) in [4.78, 5) is 11.8. The predicted molar refractivity (Wildman–Crippen MR) is 83.1 cm³/mol. The zero-order valence-electron chi connectivity index (χ0n) is 11.9. The Kier molecular flexibility index (Phi) is 6.76. The lowest BCUT2D eigenvalue weighted by Gasteiger charge is -2.17. The molecule has 1 aromatic rings. The van der Waals surface area contributed by atoms with Crippen LogP contribution in [0.2, 0.25) is 0 Å². The molecule has 0 atom stereocenters. The van der Waals surface area contributed by atoms with Crippen LogP contribution in [-0.4, -0.2) is 44.5 Å². The van der Waals surface area contributed by atoms with Crippen LogP contribution in [0.25, 0.3) is 0 Å². The number of rotatable bonds is 7. The molecule has 0 spiro atoms. The average molecular weight is 381 g/mol. The number of carbonyl (C=O) groups is 1. The standard InChI is InChI=1S/C13H18BrFN2O3S/c1-3-17(21(2,19)20)8-4-7-16-13(18)11-6-5-10(14)9-12(11)15/h5-6,9H,3-4,7-8H2,1-2H3,(H,16,18). The zero-order chi connectivity index (χ0) is 16.0. The maximum absolute atomic E-state index is 13.6. The highest BCUT2D eigenvalue weighted by atomic mass is 79.9. The second-order valence-corrected chi connectivity index (χ2v) is 7.39. The van der Waals surface area contributed by atoms with Gasteiger partial charge in [-0.05, 0) is 24.6 Å². The molecule has 1 rings (SSSR count). The molecule has 0 bridgehead atoms. The summed E-state index contributed by atoms with van der Waals surface area (Å²) in [5, 5.41) is 2.57. The fraction of sp³-hybridized carbons (Fsp3) is 0.462. The zero-order valence-corrected chi connectivity index (χ0v) is 14.3. The van der Waals surface area contributed by atoms with E-state index < -0.39 is 21.7 Å². The highest BCUT2D eigenvalue weighted by Crippen LogP contribution is 2.15. The van der Waals surface area contributed by atoms with Crippen molar-refractivity contribution in [3.63, 3.8) is 0 Å². The van der Waals surface area contributed by atoms with Crippen LogP contribution in [0.4, 0.5) is 4.39 Å². The van der Waals surface area contributed by atoms with E-state index in [2.05, 4.69) is 21.2 Å². The van der Waals surface area contributed by atoms with Gasteiger partial charge in [-0.15, -0.1) is 0 Å². The molecule has 0 heterocycles. The van der Waals surface area contributed by atoms with Gasteiger partial charge in [-0.2, -0.15) is 0 Å². The van der Waals surface area contributed by atoms with Gasteiger partial charge < -0.3 is 5.32 Å².